The van der Waals surface area contributed by atoms with E-state index in [1.54, 1.807) is 36.4 Å². The fraction of sp³-hybridized carbons (Fsp3) is 0. The highest BCUT2D eigenvalue weighted by Gasteiger charge is 2.07. The Morgan fingerprint density at radius 1 is 0.882 bits per heavy atom. The maximum atomic E-state index is 6.07. The molecular formula is C12H6Cl3IO. The van der Waals surface area contributed by atoms with Crippen molar-refractivity contribution in [2.75, 3.05) is 0 Å². The highest BCUT2D eigenvalue weighted by Crippen LogP contribution is 2.34. The Bertz CT molecular complexity index is 540. The van der Waals surface area contributed by atoms with Gasteiger partial charge in [0, 0.05) is 14.7 Å². The van der Waals surface area contributed by atoms with Gasteiger partial charge in [-0.1, -0.05) is 34.8 Å². The zero-order valence-electron chi connectivity index (χ0n) is 8.38. The second-order valence-corrected chi connectivity index (χ2v) is 5.67. The fourth-order valence-corrected chi connectivity index (χ4v) is 2.35. The van der Waals surface area contributed by atoms with E-state index in [1.807, 2.05) is 0 Å². The van der Waals surface area contributed by atoms with Crippen LogP contribution in [0.4, 0.5) is 0 Å². The van der Waals surface area contributed by atoms with Crippen LogP contribution in [0.15, 0.2) is 36.4 Å². The molecule has 88 valence electrons. The van der Waals surface area contributed by atoms with E-state index in [9.17, 15) is 0 Å². The van der Waals surface area contributed by atoms with Crippen LogP contribution in [0.5, 0.6) is 11.5 Å². The van der Waals surface area contributed by atoms with Gasteiger partial charge >= 0.3 is 0 Å². The van der Waals surface area contributed by atoms with Crippen molar-refractivity contribution >= 4 is 57.4 Å². The smallest absolute Gasteiger partial charge is 0.147 e. The van der Waals surface area contributed by atoms with Crippen LogP contribution >= 0.6 is 57.4 Å². The molecule has 0 saturated heterocycles. The number of rotatable bonds is 2. The van der Waals surface area contributed by atoms with Gasteiger partial charge in [0.25, 0.3) is 0 Å². The van der Waals surface area contributed by atoms with Crippen molar-refractivity contribution in [3.63, 3.8) is 0 Å². The van der Waals surface area contributed by atoms with Crippen molar-refractivity contribution in [3.8, 4) is 11.5 Å². The Hall–Kier alpha value is -0.160. The molecule has 2 aromatic carbocycles. The molecule has 0 bridgehead atoms. The summed E-state index contributed by atoms with van der Waals surface area (Å²) in [6.07, 6.45) is 0. The van der Waals surface area contributed by atoms with Crippen molar-refractivity contribution in [2.45, 2.75) is 0 Å². The van der Waals surface area contributed by atoms with E-state index in [1.165, 1.54) is 0 Å². The van der Waals surface area contributed by atoms with Gasteiger partial charge in [0.1, 0.15) is 11.5 Å². The maximum Gasteiger partial charge on any atom is 0.147 e. The largest absolute Gasteiger partial charge is 0.456 e. The molecule has 0 radical (unpaired) electrons. The van der Waals surface area contributed by atoms with E-state index < -0.39 is 0 Å². The third-order valence-electron chi connectivity index (χ3n) is 2.02. The minimum atomic E-state index is 0.522. The monoisotopic (exact) mass is 398 g/mol. The normalized spacial score (nSPS) is 10.4. The Kier molecular flexibility index (Phi) is 4.42. The summed E-state index contributed by atoms with van der Waals surface area (Å²) >= 11 is 20.0. The van der Waals surface area contributed by atoms with Crippen LogP contribution in [-0.2, 0) is 0 Å². The third kappa shape index (κ3) is 3.41. The van der Waals surface area contributed by atoms with Gasteiger partial charge in [0.05, 0.1) is 10.0 Å². The molecular weight excluding hydrogens is 393 g/mol. The topological polar surface area (TPSA) is 9.23 Å². The zero-order valence-corrected chi connectivity index (χ0v) is 12.8. The van der Waals surface area contributed by atoms with Crippen LogP contribution in [0.3, 0.4) is 0 Å². The molecule has 0 unspecified atom stereocenters. The van der Waals surface area contributed by atoms with Crippen LogP contribution in [-0.4, -0.2) is 0 Å². The van der Waals surface area contributed by atoms with E-state index in [2.05, 4.69) is 22.6 Å². The molecule has 0 spiro atoms. The van der Waals surface area contributed by atoms with Crippen molar-refractivity contribution in [2.24, 2.45) is 0 Å². The minimum Gasteiger partial charge on any atom is -0.456 e. The van der Waals surface area contributed by atoms with E-state index in [0.717, 1.165) is 3.57 Å². The Balaban J connectivity index is 2.30. The Morgan fingerprint density at radius 2 is 1.53 bits per heavy atom. The minimum absolute atomic E-state index is 0.522. The lowest BCUT2D eigenvalue weighted by atomic mass is 10.3. The molecule has 2 rings (SSSR count). The van der Waals surface area contributed by atoms with Crippen LogP contribution in [0, 0.1) is 3.57 Å². The van der Waals surface area contributed by atoms with Gasteiger partial charge in [-0.25, -0.2) is 0 Å². The maximum absolute atomic E-state index is 6.07. The van der Waals surface area contributed by atoms with Gasteiger partial charge in [-0.2, -0.15) is 0 Å². The van der Waals surface area contributed by atoms with Crippen LogP contribution < -0.4 is 4.74 Å². The van der Waals surface area contributed by atoms with Crippen molar-refractivity contribution in [3.05, 3.63) is 55.0 Å². The van der Waals surface area contributed by atoms with Gasteiger partial charge in [-0.15, -0.1) is 0 Å². The summed E-state index contributed by atoms with van der Waals surface area (Å²) in [5, 5.41) is 1.79. The van der Waals surface area contributed by atoms with E-state index >= 15 is 0 Å². The first-order valence-electron chi connectivity index (χ1n) is 4.64. The predicted molar refractivity (Wildman–Crippen MR) is 80.7 cm³/mol. The zero-order chi connectivity index (χ0) is 12.4. The van der Waals surface area contributed by atoms with Gasteiger partial charge in [-0.3, -0.25) is 0 Å². The average Bonchev–Trinajstić information content (AvgIpc) is 2.29. The summed E-state index contributed by atoms with van der Waals surface area (Å²) in [6, 6.07) is 10.5. The lowest BCUT2D eigenvalue weighted by molar-refractivity contribution is 0.483. The lowest BCUT2D eigenvalue weighted by Gasteiger charge is -2.09. The molecule has 5 heteroatoms. The molecule has 0 N–H and O–H groups in total. The van der Waals surface area contributed by atoms with Crippen molar-refractivity contribution in [1.82, 2.24) is 0 Å². The molecule has 0 aliphatic heterocycles. The lowest BCUT2D eigenvalue weighted by Crippen LogP contribution is -1.86. The van der Waals surface area contributed by atoms with E-state index in [0.29, 0.717) is 26.6 Å². The average molecular weight is 399 g/mol. The molecule has 0 heterocycles. The predicted octanol–water partition coefficient (Wildman–Crippen LogP) is 6.04. The SMILES string of the molecule is Clc1ccc(Oc2cc(Cl)c(I)cc2Cl)cc1. The number of halogens is 4. The summed E-state index contributed by atoms with van der Waals surface area (Å²) in [5.41, 5.74) is 0. The quantitative estimate of drug-likeness (QED) is 0.442. The van der Waals surface area contributed by atoms with Gasteiger partial charge in [-0.05, 0) is 52.9 Å². The molecule has 0 aromatic heterocycles. The van der Waals surface area contributed by atoms with Crippen LogP contribution in [0.25, 0.3) is 0 Å². The van der Waals surface area contributed by atoms with Gasteiger partial charge in [0.15, 0.2) is 0 Å². The van der Waals surface area contributed by atoms with Crippen molar-refractivity contribution in [1.29, 1.82) is 0 Å². The molecule has 0 amide bonds. The third-order valence-corrected chi connectivity index (χ3v) is 4.09. The highest BCUT2D eigenvalue weighted by molar-refractivity contribution is 14.1. The first kappa shape index (κ1) is 13.3. The number of hydrogen-bond acceptors (Lipinski definition) is 1. The molecule has 0 aliphatic rings. The van der Waals surface area contributed by atoms with Crippen LogP contribution in [0.1, 0.15) is 0 Å². The first-order chi connectivity index (χ1) is 8.06. The Labute approximate surface area is 128 Å². The summed E-state index contributed by atoms with van der Waals surface area (Å²) in [7, 11) is 0. The first-order valence-corrected chi connectivity index (χ1v) is 6.85. The summed E-state index contributed by atoms with van der Waals surface area (Å²) in [6.45, 7) is 0. The molecule has 0 atom stereocenters. The van der Waals surface area contributed by atoms with Crippen LogP contribution in [0.2, 0.25) is 15.1 Å². The molecule has 2 aromatic rings. The number of benzene rings is 2. The standard InChI is InChI=1S/C12H6Cl3IO/c13-7-1-3-8(4-2-7)17-12-6-9(14)11(16)5-10(12)15/h1-6H. The molecule has 0 aliphatic carbocycles. The molecule has 0 fully saturated rings. The summed E-state index contributed by atoms with van der Waals surface area (Å²) in [5.74, 6) is 1.19. The Morgan fingerprint density at radius 3 is 2.18 bits per heavy atom. The van der Waals surface area contributed by atoms with Gasteiger partial charge in [0.2, 0.25) is 0 Å². The van der Waals surface area contributed by atoms with Crippen molar-refractivity contribution < 1.29 is 4.74 Å². The number of hydrogen-bond donors (Lipinski definition) is 0. The summed E-state index contributed by atoms with van der Waals surface area (Å²) < 4.78 is 6.51. The molecule has 1 nitrogen and oxygen atoms in total. The van der Waals surface area contributed by atoms with Gasteiger partial charge < -0.3 is 4.74 Å². The second-order valence-electron chi connectivity index (χ2n) is 3.25. The van der Waals surface area contributed by atoms with E-state index in [-0.39, 0.29) is 0 Å². The summed E-state index contributed by atoms with van der Waals surface area (Å²) in [4.78, 5) is 0. The second kappa shape index (κ2) is 5.65. The number of ether oxygens (including phenoxy) is 1. The molecule has 17 heavy (non-hydrogen) atoms. The molecule has 0 saturated carbocycles. The fourth-order valence-electron chi connectivity index (χ4n) is 1.21. The van der Waals surface area contributed by atoms with E-state index in [4.69, 9.17) is 39.5 Å². The highest BCUT2D eigenvalue weighted by atomic mass is 127.